The minimum atomic E-state index is -0.449. The highest BCUT2D eigenvalue weighted by Gasteiger charge is 2.62. The highest BCUT2D eigenvalue weighted by Crippen LogP contribution is 2.56. The summed E-state index contributed by atoms with van der Waals surface area (Å²) in [4.78, 5) is 29.6. The molecule has 1 atom stereocenters. The zero-order valence-electron chi connectivity index (χ0n) is 17.1. The molecular weight excluding hydrogens is 421 g/mol. The fraction of sp³-hybridized carbons (Fsp3) is 0.391. The number of benzene rings is 2. The molecule has 4 rings (SSSR count). The molecule has 0 aromatic heterocycles. The van der Waals surface area contributed by atoms with Gasteiger partial charge in [0.25, 0.3) is 0 Å². The van der Waals surface area contributed by atoms with Gasteiger partial charge in [-0.3, -0.25) is 4.79 Å². The van der Waals surface area contributed by atoms with Crippen LogP contribution in [0.25, 0.3) is 0 Å². The van der Waals surface area contributed by atoms with Crippen molar-refractivity contribution in [2.24, 2.45) is 5.41 Å². The van der Waals surface area contributed by atoms with Crippen molar-refractivity contribution >= 4 is 40.8 Å². The third-order valence-electron chi connectivity index (χ3n) is 6.24. The Morgan fingerprint density at radius 3 is 2.07 bits per heavy atom. The molecule has 1 spiro atoms. The standard InChI is InChI=1S/C23H25Cl2N3O2/c1-15(2)28-20(16-3-5-17(24)6-4-16)23(21(28)29)11-13-27(14-12-23)22(30)26-19-9-7-18(25)8-10-19/h3-10,15,20H,11-14H2,1-2H3,(H,26,30). The first-order valence-electron chi connectivity index (χ1n) is 10.2. The normalized spacial score (nSPS) is 20.4. The first kappa shape index (κ1) is 21.0. The number of rotatable bonds is 3. The second-order valence-electron chi connectivity index (χ2n) is 8.34. The Morgan fingerprint density at radius 2 is 1.53 bits per heavy atom. The fourth-order valence-corrected chi connectivity index (χ4v) is 4.93. The molecule has 1 unspecified atom stereocenters. The third kappa shape index (κ3) is 3.65. The molecule has 2 aliphatic heterocycles. The number of piperidine rings is 1. The van der Waals surface area contributed by atoms with Gasteiger partial charge in [-0.1, -0.05) is 35.3 Å². The maximum atomic E-state index is 13.2. The highest BCUT2D eigenvalue weighted by molar-refractivity contribution is 6.30. The number of urea groups is 1. The van der Waals surface area contributed by atoms with Gasteiger partial charge >= 0.3 is 6.03 Å². The molecule has 0 aliphatic carbocycles. The van der Waals surface area contributed by atoms with Gasteiger partial charge < -0.3 is 15.1 Å². The van der Waals surface area contributed by atoms with Gasteiger partial charge in [-0.25, -0.2) is 4.79 Å². The predicted octanol–water partition coefficient (Wildman–Crippen LogP) is 5.60. The number of nitrogens with one attached hydrogen (secondary N) is 1. The second kappa shape index (κ2) is 8.12. The molecule has 0 bridgehead atoms. The van der Waals surface area contributed by atoms with Crippen molar-refractivity contribution in [3.05, 3.63) is 64.1 Å². The highest BCUT2D eigenvalue weighted by atomic mass is 35.5. The molecule has 2 aliphatic rings. The van der Waals surface area contributed by atoms with Crippen molar-refractivity contribution in [3.63, 3.8) is 0 Å². The van der Waals surface area contributed by atoms with Crippen molar-refractivity contribution in [1.29, 1.82) is 0 Å². The number of carbonyl (C=O) groups excluding carboxylic acids is 2. The second-order valence-corrected chi connectivity index (χ2v) is 9.21. The first-order valence-corrected chi connectivity index (χ1v) is 11.0. The van der Waals surface area contributed by atoms with Crippen LogP contribution in [0.5, 0.6) is 0 Å². The van der Waals surface area contributed by atoms with Gasteiger partial charge in [0.15, 0.2) is 0 Å². The van der Waals surface area contributed by atoms with E-state index >= 15 is 0 Å². The molecule has 2 aromatic rings. The zero-order valence-corrected chi connectivity index (χ0v) is 18.6. The number of carbonyl (C=O) groups is 2. The number of halogens is 2. The summed E-state index contributed by atoms with van der Waals surface area (Å²) in [5.74, 6) is 0.190. The van der Waals surface area contributed by atoms with Crippen LogP contribution in [0.15, 0.2) is 48.5 Å². The summed E-state index contributed by atoms with van der Waals surface area (Å²) < 4.78 is 0. The van der Waals surface area contributed by atoms with Crippen molar-refractivity contribution in [1.82, 2.24) is 9.80 Å². The van der Waals surface area contributed by atoms with E-state index in [1.54, 1.807) is 29.2 Å². The minimum absolute atomic E-state index is 0.0174. The molecule has 7 heteroatoms. The van der Waals surface area contributed by atoms with Gasteiger partial charge in [0, 0.05) is 34.9 Å². The Balaban J connectivity index is 1.48. The van der Waals surface area contributed by atoms with E-state index in [0.29, 0.717) is 41.7 Å². The lowest BCUT2D eigenvalue weighted by Gasteiger charge is -2.60. The Bertz CT molecular complexity index is 936. The summed E-state index contributed by atoms with van der Waals surface area (Å²) in [6, 6.07) is 14.8. The van der Waals surface area contributed by atoms with Crippen LogP contribution < -0.4 is 5.32 Å². The van der Waals surface area contributed by atoms with E-state index in [9.17, 15) is 9.59 Å². The number of anilines is 1. The summed E-state index contributed by atoms with van der Waals surface area (Å²) >= 11 is 12.0. The molecule has 1 N–H and O–H groups in total. The van der Waals surface area contributed by atoms with E-state index in [4.69, 9.17) is 23.2 Å². The monoisotopic (exact) mass is 445 g/mol. The molecule has 2 saturated heterocycles. The van der Waals surface area contributed by atoms with Gasteiger partial charge in [0.2, 0.25) is 5.91 Å². The van der Waals surface area contributed by atoms with E-state index < -0.39 is 5.41 Å². The minimum Gasteiger partial charge on any atom is -0.332 e. The van der Waals surface area contributed by atoms with E-state index in [-0.39, 0.29) is 24.0 Å². The molecule has 3 amide bonds. The Morgan fingerprint density at radius 1 is 1.00 bits per heavy atom. The SMILES string of the molecule is CC(C)N1C(=O)C2(CCN(C(=O)Nc3ccc(Cl)cc3)CC2)C1c1ccc(Cl)cc1. The Labute approximate surface area is 186 Å². The summed E-state index contributed by atoms with van der Waals surface area (Å²) in [7, 11) is 0. The van der Waals surface area contributed by atoms with Crippen molar-refractivity contribution in [3.8, 4) is 0 Å². The van der Waals surface area contributed by atoms with Crippen LogP contribution in [0.1, 0.15) is 38.3 Å². The van der Waals surface area contributed by atoms with Crippen LogP contribution in [0.2, 0.25) is 10.0 Å². The Hall–Kier alpha value is -2.24. The molecule has 2 fully saturated rings. The number of likely N-dealkylation sites (tertiary alicyclic amines) is 2. The smallest absolute Gasteiger partial charge is 0.321 e. The summed E-state index contributed by atoms with van der Waals surface area (Å²) in [5.41, 5.74) is 1.36. The van der Waals surface area contributed by atoms with Gasteiger partial charge in [-0.05, 0) is 68.7 Å². The third-order valence-corrected chi connectivity index (χ3v) is 6.75. The van der Waals surface area contributed by atoms with Crippen molar-refractivity contribution in [2.75, 3.05) is 18.4 Å². The summed E-state index contributed by atoms with van der Waals surface area (Å²) in [6.07, 6.45) is 1.30. The van der Waals surface area contributed by atoms with E-state index in [0.717, 1.165) is 5.56 Å². The van der Waals surface area contributed by atoms with Gasteiger partial charge in [-0.15, -0.1) is 0 Å². The molecule has 2 heterocycles. The van der Waals surface area contributed by atoms with Crippen molar-refractivity contribution < 1.29 is 9.59 Å². The average Bonchev–Trinajstić information content (AvgIpc) is 2.74. The lowest BCUT2D eigenvalue weighted by Crippen LogP contribution is -2.68. The van der Waals surface area contributed by atoms with Crippen LogP contribution in [-0.2, 0) is 4.79 Å². The quantitative estimate of drug-likeness (QED) is 0.624. The lowest BCUT2D eigenvalue weighted by atomic mass is 9.62. The summed E-state index contributed by atoms with van der Waals surface area (Å²) in [5, 5.41) is 4.22. The van der Waals surface area contributed by atoms with Gasteiger partial charge in [0.05, 0.1) is 11.5 Å². The maximum Gasteiger partial charge on any atom is 0.321 e. The number of amides is 3. The number of nitrogens with zero attached hydrogens (tertiary/aromatic N) is 2. The van der Waals surface area contributed by atoms with E-state index in [1.807, 2.05) is 43.0 Å². The molecule has 30 heavy (non-hydrogen) atoms. The van der Waals surface area contributed by atoms with Gasteiger partial charge in [-0.2, -0.15) is 0 Å². The van der Waals surface area contributed by atoms with E-state index in [2.05, 4.69) is 5.32 Å². The maximum absolute atomic E-state index is 13.2. The van der Waals surface area contributed by atoms with Gasteiger partial charge in [0.1, 0.15) is 0 Å². The lowest BCUT2D eigenvalue weighted by molar-refractivity contribution is -0.184. The number of hydrogen-bond donors (Lipinski definition) is 1. The van der Waals surface area contributed by atoms with Crippen molar-refractivity contribution in [2.45, 2.75) is 38.8 Å². The molecule has 158 valence electrons. The molecule has 0 saturated carbocycles. The van der Waals surface area contributed by atoms with Crippen LogP contribution in [0, 0.1) is 5.41 Å². The molecule has 5 nitrogen and oxygen atoms in total. The summed E-state index contributed by atoms with van der Waals surface area (Å²) in [6.45, 7) is 5.17. The van der Waals surface area contributed by atoms with Crippen LogP contribution >= 0.6 is 23.2 Å². The number of hydrogen-bond acceptors (Lipinski definition) is 2. The molecular formula is C23H25Cl2N3O2. The first-order chi connectivity index (χ1) is 14.3. The molecule has 0 radical (unpaired) electrons. The topological polar surface area (TPSA) is 52.7 Å². The predicted molar refractivity (Wildman–Crippen MR) is 120 cm³/mol. The average molecular weight is 446 g/mol. The number of β-lactam (4-membered cyclic amide) rings is 1. The van der Waals surface area contributed by atoms with Crippen LogP contribution in [0.3, 0.4) is 0 Å². The van der Waals surface area contributed by atoms with Crippen LogP contribution in [0.4, 0.5) is 10.5 Å². The fourth-order valence-electron chi connectivity index (χ4n) is 4.68. The zero-order chi connectivity index (χ0) is 21.5. The Kier molecular flexibility index (Phi) is 5.69. The largest absolute Gasteiger partial charge is 0.332 e. The van der Waals surface area contributed by atoms with Crippen LogP contribution in [-0.4, -0.2) is 40.9 Å². The molecule has 2 aromatic carbocycles. The van der Waals surface area contributed by atoms with E-state index in [1.165, 1.54) is 0 Å².